The summed E-state index contributed by atoms with van der Waals surface area (Å²) in [7, 11) is 1.76. The highest BCUT2D eigenvalue weighted by molar-refractivity contribution is 6.07. The van der Waals surface area contributed by atoms with Gasteiger partial charge in [0.15, 0.2) is 0 Å². The molecule has 1 aromatic heterocycles. The van der Waals surface area contributed by atoms with Gasteiger partial charge in [-0.05, 0) is 49.8 Å². The lowest BCUT2D eigenvalue weighted by atomic mass is 9.85. The Labute approximate surface area is 220 Å². The van der Waals surface area contributed by atoms with E-state index in [1.54, 1.807) is 18.7 Å². The van der Waals surface area contributed by atoms with Crippen molar-refractivity contribution in [3.63, 3.8) is 0 Å². The predicted molar refractivity (Wildman–Crippen MR) is 142 cm³/mol. The Morgan fingerprint density at radius 3 is 2.13 bits per heavy atom. The Balaban J connectivity index is 1.31. The minimum atomic E-state index is -0.749. The number of rotatable bonds is 6. The second-order valence-corrected chi connectivity index (χ2v) is 10.7. The fraction of sp³-hybridized carbons (Fsp3) is 0.333. The Morgan fingerprint density at radius 1 is 0.921 bits per heavy atom. The molecule has 2 bridgehead atoms. The molecule has 3 aliphatic rings. The van der Waals surface area contributed by atoms with Crippen molar-refractivity contribution in [1.82, 2.24) is 14.3 Å². The molecule has 1 N–H and O–H groups in total. The van der Waals surface area contributed by atoms with Gasteiger partial charge in [0.1, 0.15) is 5.69 Å². The first-order chi connectivity index (χ1) is 18.3. The number of likely N-dealkylation sites (tertiary alicyclic amines) is 1. The van der Waals surface area contributed by atoms with E-state index in [1.807, 2.05) is 61.5 Å². The van der Waals surface area contributed by atoms with E-state index in [2.05, 4.69) is 17.5 Å². The number of nitrogens with zero attached hydrogens (tertiary/aromatic N) is 3. The zero-order valence-electron chi connectivity index (χ0n) is 21.6. The number of hydrogen-bond donors (Lipinski definition) is 1. The normalized spacial score (nSPS) is 24.2. The minimum absolute atomic E-state index is 0.0855. The smallest absolute Gasteiger partial charge is 0.295 e. The average molecular weight is 511 g/mol. The number of fused-ring (bicyclic) bond motifs is 5. The van der Waals surface area contributed by atoms with Gasteiger partial charge in [-0.25, -0.2) is 4.68 Å². The van der Waals surface area contributed by atoms with Crippen molar-refractivity contribution in [2.45, 2.75) is 32.7 Å². The monoisotopic (exact) mass is 510 g/mol. The van der Waals surface area contributed by atoms with Crippen LogP contribution in [0.2, 0.25) is 0 Å². The van der Waals surface area contributed by atoms with Crippen molar-refractivity contribution < 1.29 is 14.4 Å². The number of amides is 3. The number of hydrogen-bond acceptors (Lipinski definition) is 4. The number of carbonyl (C=O) groups excluding carboxylic acids is 3. The molecule has 1 aliphatic heterocycles. The van der Waals surface area contributed by atoms with Crippen LogP contribution in [0.1, 0.15) is 35.7 Å². The first-order valence-electron chi connectivity index (χ1n) is 13.0. The van der Waals surface area contributed by atoms with Crippen LogP contribution in [0.4, 0.5) is 5.69 Å². The van der Waals surface area contributed by atoms with Crippen LogP contribution >= 0.6 is 0 Å². The first-order valence-corrected chi connectivity index (χ1v) is 13.0. The molecule has 38 heavy (non-hydrogen) atoms. The fourth-order valence-corrected chi connectivity index (χ4v) is 6.46. The molecule has 5 unspecified atom stereocenters. The fourth-order valence-electron chi connectivity index (χ4n) is 6.46. The summed E-state index contributed by atoms with van der Waals surface area (Å²) in [4.78, 5) is 55.3. The molecule has 5 atom stereocenters. The van der Waals surface area contributed by atoms with Gasteiger partial charge >= 0.3 is 0 Å². The molecule has 0 radical (unpaired) electrons. The van der Waals surface area contributed by atoms with Gasteiger partial charge in [0.05, 0.1) is 35.7 Å². The van der Waals surface area contributed by atoms with Crippen molar-refractivity contribution in [3.8, 4) is 5.69 Å². The molecule has 1 saturated heterocycles. The van der Waals surface area contributed by atoms with Gasteiger partial charge in [0.25, 0.3) is 5.56 Å². The molecular weight excluding hydrogens is 480 g/mol. The second-order valence-electron chi connectivity index (χ2n) is 10.7. The molecule has 0 spiro atoms. The molecule has 2 fully saturated rings. The third kappa shape index (κ3) is 3.66. The van der Waals surface area contributed by atoms with Crippen molar-refractivity contribution in [2.24, 2.45) is 30.7 Å². The van der Waals surface area contributed by atoms with Crippen molar-refractivity contribution >= 4 is 23.4 Å². The summed E-state index contributed by atoms with van der Waals surface area (Å²) >= 11 is 0. The Kier molecular flexibility index (Phi) is 5.70. The van der Waals surface area contributed by atoms with E-state index in [4.69, 9.17) is 0 Å². The Bertz CT molecular complexity index is 1500. The van der Waals surface area contributed by atoms with E-state index in [0.29, 0.717) is 11.4 Å². The molecule has 6 rings (SSSR count). The van der Waals surface area contributed by atoms with E-state index in [1.165, 1.54) is 9.58 Å². The van der Waals surface area contributed by atoms with Crippen LogP contribution in [0.15, 0.2) is 71.5 Å². The maximum atomic E-state index is 13.6. The molecule has 194 valence electrons. The van der Waals surface area contributed by atoms with Crippen molar-refractivity contribution in [1.29, 1.82) is 0 Å². The van der Waals surface area contributed by atoms with Gasteiger partial charge in [0, 0.05) is 7.05 Å². The highest BCUT2D eigenvalue weighted by Gasteiger charge is 2.60. The summed E-state index contributed by atoms with van der Waals surface area (Å²) in [5.74, 6) is -1.34. The maximum Gasteiger partial charge on any atom is 0.295 e. The maximum absolute atomic E-state index is 13.6. The topological polar surface area (TPSA) is 93.4 Å². The summed E-state index contributed by atoms with van der Waals surface area (Å²) < 4.78 is 3.20. The van der Waals surface area contributed by atoms with Crippen LogP contribution in [-0.4, -0.2) is 32.0 Å². The lowest BCUT2D eigenvalue weighted by Crippen LogP contribution is -2.38. The number of aromatic nitrogens is 2. The van der Waals surface area contributed by atoms with Gasteiger partial charge in [-0.3, -0.25) is 28.8 Å². The van der Waals surface area contributed by atoms with E-state index in [0.717, 1.165) is 17.5 Å². The largest absolute Gasteiger partial charge is 0.320 e. The lowest BCUT2D eigenvalue weighted by molar-refractivity contribution is -0.144. The van der Waals surface area contributed by atoms with E-state index < -0.39 is 11.9 Å². The minimum Gasteiger partial charge on any atom is -0.320 e. The number of anilines is 1. The number of para-hydroxylation sites is 1. The van der Waals surface area contributed by atoms with Crippen molar-refractivity contribution in [3.05, 3.63) is 93.9 Å². The zero-order valence-corrected chi connectivity index (χ0v) is 21.6. The third-order valence-electron chi connectivity index (χ3n) is 8.48. The van der Waals surface area contributed by atoms with Crippen LogP contribution in [0.5, 0.6) is 0 Å². The van der Waals surface area contributed by atoms with Gasteiger partial charge < -0.3 is 5.32 Å². The second kappa shape index (κ2) is 8.97. The first kappa shape index (κ1) is 24.2. The summed E-state index contributed by atoms with van der Waals surface area (Å²) in [6.45, 7) is 3.73. The molecule has 8 nitrogen and oxygen atoms in total. The average Bonchev–Trinajstić information content (AvgIpc) is 3.64. The van der Waals surface area contributed by atoms with Crippen LogP contribution in [0, 0.1) is 37.5 Å². The van der Waals surface area contributed by atoms with Crippen LogP contribution < -0.4 is 10.9 Å². The Hall–Kier alpha value is -4.20. The SMILES string of the molecule is Cc1ccc(C(CC(=O)Nc2c(C)n(C)n(-c3ccccc3)c2=O)N2C(=O)C3C4C=CC(C4)C3C2=O)cc1. The quantitative estimate of drug-likeness (QED) is 0.405. The number of allylic oxidation sites excluding steroid dienone is 2. The highest BCUT2D eigenvalue weighted by atomic mass is 16.2. The van der Waals surface area contributed by atoms with Crippen LogP contribution in [0.25, 0.3) is 5.69 Å². The van der Waals surface area contributed by atoms with E-state index in [-0.39, 0.29) is 53.2 Å². The molecule has 1 saturated carbocycles. The molecule has 2 aliphatic carbocycles. The molecule has 8 heteroatoms. The number of imide groups is 1. The molecule has 3 amide bonds. The van der Waals surface area contributed by atoms with Gasteiger partial charge in [0.2, 0.25) is 17.7 Å². The highest BCUT2D eigenvalue weighted by Crippen LogP contribution is 2.54. The van der Waals surface area contributed by atoms with Gasteiger partial charge in [-0.2, -0.15) is 0 Å². The molecule has 2 heterocycles. The predicted octanol–water partition coefficient (Wildman–Crippen LogP) is 3.67. The zero-order chi connectivity index (χ0) is 26.7. The van der Waals surface area contributed by atoms with Crippen molar-refractivity contribution in [2.75, 3.05) is 5.32 Å². The summed E-state index contributed by atoms with van der Waals surface area (Å²) in [6, 6.07) is 16.0. The van der Waals surface area contributed by atoms with E-state index >= 15 is 0 Å². The van der Waals surface area contributed by atoms with Crippen LogP contribution in [0.3, 0.4) is 0 Å². The number of aryl methyl sites for hydroxylation is 1. The van der Waals surface area contributed by atoms with E-state index in [9.17, 15) is 19.2 Å². The Morgan fingerprint density at radius 2 is 1.53 bits per heavy atom. The summed E-state index contributed by atoms with van der Waals surface area (Å²) in [5, 5.41) is 2.80. The molecular formula is C30H30N4O4. The van der Waals surface area contributed by atoms with Gasteiger partial charge in [-0.1, -0.05) is 60.2 Å². The van der Waals surface area contributed by atoms with Crippen LogP contribution in [-0.2, 0) is 21.4 Å². The number of benzene rings is 2. The summed E-state index contributed by atoms with van der Waals surface area (Å²) in [5.41, 5.74) is 2.88. The molecule has 3 aromatic rings. The standard InChI is InChI=1S/C30H30N4O4/c1-17-9-11-19(12-10-17)23(33-28(36)25-20-13-14-21(15-20)26(25)29(33)37)16-24(35)31-27-18(2)32(3)34(30(27)38)22-7-5-4-6-8-22/h4-14,20-21,23,25-26H,15-16H2,1-3H3,(H,31,35). The lowest BCUT2D eigenvalue weighted by Gasteiger charge is -2.28. The third-order valence-corrected chi connectivity index (χ3v) is 8.48. The van der Waals surface area contributed by atoms with Gasteiger partial charge in [-0.15, -0.1) is 0 Å². The summed E-state index contributed by atoms with van der Waals surface area (Å²) in [6.07, 6.45) is 4.83. The number of carbonyl (C=O) groups is 3. The number of nitrogens with one attached hydrogen (secondary N) is 1. The molecule has 2 aromatic carbocycles.